The number of nitrogens with one attached hydrogen (secondary N) is 1. The zero-order valence-electron chi connectivity index (χ0n) is 20.6. The summed E-state index contributed by atoms with van der Waals surface area (Å²) in [5, 5.41) is 13.5. The number of rotatable bonds is 10. The zero-order chi connectivity index (χ0) is 26.4. The molecule has 0 spiro atoms. The zero-order valence-corrected chi connectivity index (χ0v) is 21.3. The lowest BCUT2D eigenvalue weighted by atomic mass is 9.74. The van der Waals surface area contributed by atoms with Crippen LogP contribution in [0, 0.1) is 5.82 Å². The van der Waals surface area contributed by atoms with E-state index in [-0.39, 0.29) is 36.5 Å². The molecule has 2 atom stereocenters. The highest BCUT2D eigenvalue weighted by molar-refractivity contribution is 6.30. The Hall–Kier alpha value is -3.70. The molecule has 0 saturated carbocycles. The van der Waals surface area contributed by atoms with Crippen molar-refractivity contribution in [3.8, 4) is 0 Å². The van der Waals surface area contributed by atoms with Crippen LogP contribution in [0.2, 0.25) is 5.02 Å². The summed E-state index contributed by atoms with van der Waals surface area (Å²) in [6.45, 7) is 2.17. The third kappa shape index (κ3) is 6.17. The van der Waals surface area contributed by atoms with Gasteiger partial charge < -0.3 is 10.4 Å². The number of benzene rings is 4. The Morgan fingerprint density at radius 3 is 2.27 bits per heavy atom. The molecule has 0 saturated heterocycles. The standard InChI is InChI=1S/C31H29ClFNO3/c1-2-5-25(21-8-10-23(11-9-21)31(37)34-19-18-28(35)36)29(22-12-15-24(32)16-13-22)27-17-14-20-6-3-4-7-26(20)30(27)33/h3-4,6-17,25,29H,2,5,18-19H2,1H3,(H,34,37)(H,35,36). The molecule has 4 aromatic rings. The minimum atomic E-state index is -0.966. The number of hydrogen-bond donors (Lipinski definition) is 2. The molecular formula is C31H29ClFNO3. The molecule has 6 heteroatoms. The van der Waals surface area contributed by atoms with Crippen LogP contribution in [0.1, 0.15) is 65.1 Å². The number of amides is 1. The average molecular weight is 518 g/mol. The number of carboxylic acid groups (broad SMARTS) is 1. The van der Waals surface area contributed by atoms with Gasteiger partial charge in [0, 0.05) is 28.4 Å². The summed E-state index contributed by atoms with van der Waals surface area (Å²) in [5.41, 5.74) is 3.03. The first-order chi connectivity index (χ1) is 17.9. The molecule has 2 N–H and O–H groups in total. The van der Waals surface area contributed by atoms with Crippen LogP contribution < -0.4 is 5.32 Å². The molecule has 0 bridgehead atoms. The van der Waals surface area contributed by atoms with E-state index in [0.29, 0.717) is 21.5 Å². The molecule has 0 aliphatic rings. The van der Waals surface area contributed by atoms with E-state index >= 15 is 4.39 Å². The van der Waals surface area contributed by atoms with Crippen molar-refractivity contribution in [3.05, 3.63) is 118 Å². The Morgan fingerprint density at radius 2 is 1.59 bits per heavy atom. The van der Waals surface area contributed by atoms with Gasteiger partial charge in [-0.3, -0.25) is 9.59 Å². The Morgan fingerprint density at radius 1 is 0.919 bits per heavy atom. The molecule has 1 amide bonds. The number of aliphatic carboxylic acids is 1. The molecular weight excluding hydrogens is 489 g/mol. The highest BCUT2D eigenvalue weighted by Gasteiger charge is 2.29. The van der Waals surface area contributed by atoms with E-state index in [1.807, 2.05) is 66.7 Å². The smallest absolute Gasteiger partial charge is 0.305 e. The van der Waals surface area contributed by atoms with Crippen molar-refractivity contribution in [1.29, 1.82) is 0 Å². The van der Waals surface area contributed by atoms with Gasteiger partial charge in [-0.1, -0.05) is 85.6 Å². The van der Waals surface area contributed by atoms with Gasteiger partial charge in [0.1, 0.15) is 5.82 Å². The predicted octanol–water partition coefficient (Wildman–Crippen LogP) is 7.55. The summed E-state index contributed by atoms with van der Waals surface area (Å²) in [4.78, 5) is 23.2. The highest BCUT2D eigenvalue weighted by atomic mass is 35.5. The van der Waals surface area contributed by atoms with Crippen LogP contribution in [0.5, 0.6) is 0 Å². The number of carbonyl (C=O) groups is 2. The molecule has 190 valence electrons. The van der Waals surface area contributed by atoms with Crippen molar-refractivity contribution in [2.45, 2.75) is 38.0 Å². The van der Waals surface area contributed by atoms with E-state index in [1.54, 1.807) is 18.2 Å². The van der Waals surface area contributed by atoms with Gasteiger partial charge in [0.25, 0.3) is 5.91 Å². The van der Waals surface area contributed by atoms with Gasteiger partial charge in [0.2, 0.25) is 0 Å². The Labute approximate surface area is 221 Å². The van der Waals surface area contributed by atoms with E-state index in [2.05, 4.69) is 12.2 Å². The minimum absolute atomic E-state index is 0.0500. The first-order valence-electron chi connectivity index (χ1n) is 12.4. The molecule has 0 aliphatic heterocycles. The number of carbonyl (C=O) groups excluding carboxylic acids is 1. The van der Waals surface area contributed by atoms with E-state index in [9.17, 15) is 9.59 Å². The summed E-state index contributed by atoms with van der Waals surface area (Å²) in [7, 11) is 0. The molecule has 4 nitrogen and oxygen atoms in total. The maximum Gasteiger partial charge on any atom is 0.305 e. The van der Waals surface area contributed by atoms with Gasteiger partial charge in [0.15, 0.2) is 0 Å². The molecule has 0 radical (unpaired) electrons. The fourth-order valence-electron chi connectivity index (χ4n) is 4.89. The summed E-state index contributed by atoms with van der Waals surface area (Å²) < 4.78 is 16.0. The number of halogens is 2. The van der Waals surface area contributed by atoms with E-state index in [1.165, 1.54) is 0 Å². The van der Waals surface area contributed by atoms with Gasteiger partial charge in [-0.15, -0.1) is 0 Å². The Balaban J connectivity index is 1.75. The van der Waals surface area contributed by atoms with Crippen LogP contribution in [0.15, 0.2) is 84.9 Å². The molecule has 37 heavy (non-hydrogen) atoms. The summed E-state index contributed by atoms with van der Waals surface area (Å²) in [6.07, 6.45) is 1.56. The van der Waals surface area contributed by atoms with Crippen LogP contribution >= 0.6 is 11.6 Å². The van der Waals surface area contributed by atoms with Crippen molar-refractivity contribution >= 4 is 34.2 Å². The second kappa shape index (κ2) is 12.0. The molecule has 0 heterocycles. The second-order valence-corrected chi connectivity index (χ2v) is 9.57. The van der Waals surface area contributed by atoms with Gasteiger partial charge in [0.05, 0.1) is 6.42 Å². The van der Waals surface area contributed by atoms with Gasteiger partial charge in [-0.05, 0) is 58.7 Å². The first kappa shape index (κ1) is 26.4. The first-order valence-corrected chi connectivity index (χ1v) is 12.8. The van der Waals surface area contributed by atoms with Crippen molar-refractivity contribution in [3.63, 3.8) is 0 Å². The molecule has 4 aromatic carbocycles. The number of fused-ring (bicyclic) bond motifs is 1. The largest absolute Gasteiger partial charge is 0.481 e. The van der Waals surface area contributed by atoms with E-state index < -0.39 is 5.97 Å². The maximum atomic E-state index is 16.0. The van der Waals surface area contributed by atoms with Crippen LogP contribution in [0.3, 0.4) is 0 Å². The van der Waals surface area contributed by atoms with Crippen molar-refractivity contribution in [2.75, 3.05) is 6.54 Å². The van der Waals surface area contributed by atoms with Gasteiger partial charge in [-0.2, -0.15) is 0 Å². The van der Waals surface area contributed by atoms with E-state index in [4.69, 9.17) is 16.7 Å². The van der Waals surface area contributed by atoms with Crippen LogP contribution in [0.25, 0.3) is 10.8 Å². The fraction of sp³-hybridized carbons (Fsp3) is 0.226. The normalized spacial score (nSPS) is 12.7. The lowest BCUT2D eigenvalue weighted by Gasteiger charge is -2.29. The van der Waals surface area contributed by atoms with Gasteiger partial charge in [-0.25, -0.2) is 4.39 Å². The Kier molecular flexibility index (Phi) is 8.57. The quantitative estimate of drug-likeness (QED) is 0.228. The third-order valence-corrected chi connectivity index (χ3v) is 6.94. The van der Waals surface area contributed by atoms with Crippen LogP contribution in [-0.2, 0) is 4.79 Å². The molecule has 2 unspecified atom stereocenters. The number of hydrogen-bond acceptors (Lipinski definition) is 2. The van der Waals surface area contributed by atoms with E-state index in [0.717, 1.165) is 29.4 Å². The highest BCUT2D eigenvalue weighted by Crippen LogP contribution is 2.43. The molecule has 4 rings (SSSR count). The monoisotopic (exact) mass is 517 g/mol. The van der Waals surface area contributed by atoms with Crippen LogP contribution in [0.4, 0.5) is 4.39 Å². The average Bonchev–Trinajstić information content (AvgIpc) is 2.90. The van der Waals surface area contributed by atoms with Crippen LogP contribution in [-0.4, -0.2) is 23.5 Å². The molecule has 0 aliphatic carbocycles. The SMILES string of the molecule is CCCC(c1ccc(C(=O)NCCC(=O)O)cc1)C(c1ccc(Cl)cc1)c1ccc2ccccc2c1F. The summed E-state index contributed by atoms with van der Waals surface area (Å²) in [6, 6.07) is 26.2. The molecule has 0 aromatic heterocycles. The topological polar surface area (TPSA) is 66.4 Å². The third-order valence-electron chi connectivity index (χ3n) is 6.68. The summed E-state index contributed by atoms with van der Waals surface area (Å²) >= 11 is 6.19. The number of carboxylic acids is 1. The molecule has 0 fully saturated rings. The maximum absolute atomic E-state index is 16.0. The predicted molar refractivity (Wildman–Crippen MR) is 146 cm³/mol. The van der Waals surface area contributed by atoms with Crippen molar-refractivity contribution < 1.29 is 19.1 Å². The summed E-state index contributed by atoms with van der Waals surface area (Å²) in [5.74, 6) is -1.83. The Bertz CT molecular complexity index is 1390. The second-order valence-electron chi connectivity index (χ2n) is 9.14. The van der Waals surface area contributed by atoms with Crippen molar-refractivity contribution in [2.24, 2.45) is 0 Å². The van der Waals surface area contributed by atoms with Crippen molar-refractivity contribution in [1.82, 2.24) is 5.32 Å². The minimum Gasteiger partial charge on any atom is -0.481 e. The fourth-order valence-corrected chi connectivity index (χ4v) is 5.02. The van der Waals surface area contributed by atoms with Gasteiger partial charge >= 0.3 is 5.97 Å². The lowest BCUT2D eigenvalue weighted by molar-refractivity contribution is -0.136. The lowest BCUT2D eigenvalue weighted by Crippen LogP contribution is -2.26.